The molecule has 2 N–H and O–H groups in total. The third kappa shape index (κ3) is 4.18. The number of halogens is 1. The molecule has 1 aliphatic heterocycles. The normalized spacial score (nSPS) is 20.7. The van der Waals surface area contributed by atoms with Gasteiger partial charge >= 0.3 is 0 Å². The number of benzene rings is 1. The Morgan fingerprint density at radius 1 is 1.30 bits per heavy atom. The number of sulfonamides is 1. The maximum absolute atomic E-state index is 13.0. The molecule has 1 aromatic carbocycles. The zero-order valence-corrected chi connectivity index (χ0v) is 16.0. The topological polar surface area (TPSA) is 66.6 Å². The van der Waals surface area contributed by atoms with Crippen LogP contribution in [0.2, 0.25) is 0 Å². The van der Waals surface area contributed by atoms with Crippen LogP contribution in [0.1, 0.15) is 31.7 Å². The zero-order chi connectivity index (χ0) is 16.5. The molecule has 0 bridgehead atoms. The van der Waals surface area contributed by atoms with Gasteiger partial charge in [-0.3, -0.25) is 0 Å². The molecule has 2 rings (SSSR count). The van der Waals surface area contributed by atoms with Crippen molar-refractivity contribution in [3.63, 3.8) is 0 Å². The third-order valence-corrected chi connectivity index (χ3v) is 6.29. The predicted molar refractivity (Wildman–Crippen MR) is 97.9 cm³/mol. The maximum Gasteiger partial charge on any atom is 0.243 e. The fourth-order valence-corrected chi connectivity index (χ4v) is 4.92. The summed E-state index contributed by atoms with van der Waals surface area (Å²) in [4.78, 5) is 2.29. The van der Waals surface area contributed by atoms with Crippen molar-refractivity contribution in [3.05, 3.63) is 23.8 Å². The van der Waals surface area contributed by atoms with Crippen molar-refractivity contribution in [2.75, 3.05) is 25.5 Å². The minimum absolute atomic E-state index is 0. The van der Waals surface area contributed by atoms with Crippen LogP contribution in [0.4, 0.5) is 5.69 Å². The fourth-order valence-electron chi connectivity index (χ4n) is 3.12. The van der Waals surface area contributed by atoms with Crippen molar-refractivity contribution in [1.29, 1.82) is 0 Å². The first-order chi connectivity index (χ1) is 10.2. The second kappa shape index (κ2) is 7.83. The molecule has 5 nitrogen and oxygen atoms in total. The highest BCUT2D eigenvalue weighted by Crippen LogP contribution is 2.29. The lowest BCUT2D eigenvalue weighted by atomic mass is 10.00. The average molecular weight is 362 g/mol. The van der Waals surface area contributed by atoms with Crippen molar-refractivity contribution in [2.45, 2.75) is 50.1 Å². The van der Waals surface area contributed by atoms with E-state index in [4.69, 9.17) is 5.73 Å². The Labute approximate surface area is 146 Å². The third-order valence-electron chi connectivity index (χ3n) is 4.37. The summed E-state index contributed by atoms with van der Waals surface area (Å²) in [7, 11) is 0.340. The van der Waals surface area contributed by atoms with E-state index in [1.807, 2.05) is 38.9 Å². The first-order valence-electron chi connectivity index (χ1n) is 7.80. The van der Waals surface area contributed by atoms with Gasteiger partial charge in [0.1, 0.15) is 0 Å². The second-order valence-corrected chi connectivity index (χ2v) is 8.27. The molecule has 0 saturated carbocycles. The molecule has 23 heavy (non-hydrogen) atoms. The van der Waals surface area contributed by atoms with E-state index in [1.165, 1.54) is 0 Å². The van der Waals surface area contributed by atoms with Crippen LogP contribution in [0.5, 0.6) is 0 Å². The molecule has 2 unspecified atom stereocenters. The van der Waals surface area contributed by atoms with Gasteiger partial charge in [-0.25, -0.2) is 8.42 Å². The number of nitrogens with two attached hydrogens (primary N) is 1. The molecule has 1 fully saturated rings. The molecule has 0 spiro atoms. The molecule has 0 radical (unpaired) electrons. The van der Waals surface area contributed by atoms with E-state index in [1.54, 1.807) is 16.4 Å². The van der Waals surface area contributed by atoms with Crippen LogP contribution in [-0.2, 0) is 10.0 Å². The fraction of sp³-hybridized carbons (Fsp3) is 0.625. The maximum atomic E-state index is 13.0. The molecular formula is C16H28ClN3O2S. The molecule has 7 heteroatoms. The quantitative estimate of drug-likeness (QED) is 0.894. The first kappa shape index (κ1) is 20.2. The SMILES string of the molecule is Cc1ccc(S(=O)(=O)N2CCCCC2C(C)N)cc1N(C)C.Cl. The van der Waals surface area contributed by atoms with E-state index in [2.05, 4.69) is 0 Å². The molecule has 1 saturated heterocycles. The summed E-state index contributed by atoms with van der Waals surface area (Å²) in [6.45, 7) is 4.43. The second-order valence-electron chi connectivity index (χ2n) is 6.38. The van der Waals surface area contributed by atoms with E-state index >= 15 is 0 Å². The van der Waals surface area contributed by atoms with Crippen molar-refractivity contribution in [1.82, 2.24) is 4.31 Å². The van der Waals surface area contributed by atoms with E-state index in [-0.39, 0.29) is 24.5 Å². The highest BCUT2D eigenvalue weighted by atomic mass is 35.5. The smallest absolute Gasteiger partial charge is 0.243 e. The molecule has 0 aliphatic carbocycles. The highest BCUT2D eigenvalue weighted by Gasteiger charge is 2.35. The number of nitrogens with zero attached hydrogens (tertiary/aromatic N) is 2. The van der Waals surface area contributed by atoms with E-state index in [0.717, 1.165) is 30.5 Å². The van der Waals surface area contributed by atoms with Crippen LogP contribution in [0.15, 0.2) is 23.1 Å². The monoisotopic (exact) mass is 361 g/mol. The molecule has 1 heterocycles. The van der Waals surface area contributed by atoms with Crippen LogP contribution < -0.4 is 10.6 Å². The summed E-state index contributed by atoms with van der Waals surface area (Å²) in [6.07, 6.45) is 2.77. The first-order valence-corrected chi connectivity index (χ1v) is 9.24. The lowest BCUT2D eigenvalue weighted by Crippen LogP contribution is -2.51. The van der Waals surface area contributed by atoms with E-state index < -0.39 is 10.0 Å². The molecular weight excluding hydrogens is 334 g/mol. The molecule has 2 atom stereocenters. The summed E-state index contributed by atoms with van der Waals surface area (Å²) in [6, 6.07) is 5.06. The van der Waals surface area contributed by atoms with Gasteiger partial charge in [0.05, 0.1) is 4.90 Å². The highest BCUT2D eigenvalue weighted by molar-refractivity contribution is 7.89. The molecule has 1 aromatic rings. The Hall–Kier alpha value is -0.820. The minimum Gasteiger partial charge on any atom is -0.377 e. The van der Waals surface area contributed by atoms with E-state index in [0.29, 0.717) is 11.4 Å². The lowest BCUT2D eigenvalue weighted by molar-refractivity contribution is 0.227. The van der Waals surface area contributed by atoms with Gasteiger partial charge in [0, 0.05) is 38.4 Å². The Morgan fingerprint density at radius 3 is 2.52 bits per heavy atom. The van der Waals surface area contributed by atoms with Gasteiger partial charge in [0.25, 0.3) is 0 Å². The predicted octanol–water partition coefficient (Wildman–Crippen LogP) is 2.37. The van der Waals surface area contributed by atoms with E-state index in [9.17, 15) is 8.42 Å². The van der Waals surface area contributed by atoms with Gasteiger partial charge in [0.2, 0.25) is 10.0 Å². The molecule has 1 aliphatic rings. The standard InChI is InChI=1S/C16H27N3O2S.ClH/c1-12-8-9-14(11-16(12)18(3)4)22(20,21)19-10-6-5-7-15(19)13(2)17;/h8-9,11,13,15H,5-7,10,17H2,1-4H3;1H. The largest absolute Gasteiger partial charge is 0.377 e. The van der Waals surface area contributed by atoms with Crippen LogP contribution in [0.3, 0.4) is 0 Å². The number of hydrogen-bond acceptors (Lipinski definition) is 4. The van der Waals surface area contributed by atoms with Gasteiger partial charge in [0.15, 0.2) is 0 Å². The van der Waals surface area contributed by atoms with Gasteiger partial charge in [-0.2, -0.15) is 4.31 Å². The lowest BCUT2D eigenvalue weighted by Gasteiger charge is -2.37. The van der Waals surface area contributed by atoms with Crippen molar-refractivity contribution in [2.24, 2.45) is 5.73 Å². The number of hydrogen-bond donors (Lipinski definition) is 1. The summed E-state index contributed by atoms with van der Waals surface area (Å²) in [5, 5.41) is 0. The van der Waals surface area contributed by atoms with Crippen molar-refractivity contribution in [3.8, 4) is 0 Å². The van der Waals surface area contributed by atoms with Crippen molar-refractivity contribution < 1.29 is 8.42 Å². The van der Waals surface area contributed by atoms with Crippen LogP contribution >= 0.6 is 12.4 Å². The summed E-state index contributed by atoms with van der Waals surface area (Å²) < 4.78 is 27.7. The number of anilines is 1. The average Bonchev–Trinajstić information content (AvgIpc) is 2.47. The molecule has 0 amide bonds. The number of aryl methyl sites for hydroxylation is 1. The molecule has 132 valence electrons. The van der Waals surface area contributed by atoms with Gasteiger partial charge < -0.3 is 10.6 Å². The van der Waals surface area contributed by atoms with Crippen LogP contribution in [0, 0.1) is 6.92 Å². The van der Waals surface area contributed by atoms with Gasteiger partial charge in [-0.1, -0.05) is 12.5 Å². The Kier molecular flexibility index (Phi) is 6.89. The van der Waals surface area contributed by atoms with Gasteiger partial charge in [-0.15, -0.1) is 12.4 Å². The Morgan fingerprint density at radius 2 is 1.96 bits per heavy atom. The molecule has 0 aromatic heterocycles. The van der Waals surface area contributed by atoms with Gasteiger partial charge in [-0.05, 0) is 44.4 Å². The Bertz CT molecular complexity index is 632. The number of rotatable bonds is 4. The summed E-state index contributed by atoms with van der Waals surface area (Å²) >= 11 is 0. The van der Waals surface area contributed by atoms with Crippen LogP contribution in [-0.4, -0.2) is 45.4 Å². The minimum atomic E-state index is -3.50. The summed E-state index contributed by atoms with van der Waals surface area (Å²) in [5.74, 6) is 0. The number of piperidine rings is 1. The van der Waals surface area contributed by atoms with Crippen LogP contribution in [0.25, 0.3) is 0 Å². The zero-order valence-electron chi connectivity index (χ0n) is 14.3. The summed E-state index contributed by atoms with van der Waals surface area (Å²) in [5.41, 5.74) is 8.01. The van der Waals surface area contributed by atoms with Crippen molar-refractivity contribution >= 4 is 28.1 Å². The Balaban J connectivity index is 0.00000264.